The number of hydrogen-bond donors (Lipinski definition) is 1. The molecule has 1 atom stereocenters. The van der Waals surface area contributed by atoms with E-state index in [9.17, 15) is 0 Å². The van der Waals surface area contributed by atoms with Crippen LogP contribution in [-0.2, 0) is 0 Å². The average molecular weight is 259 g/mol. The molecule has 2 rings (SSSR count). The lowest BCUT2D eigenvalue weighted by molar-refractivity contribution is 0.261. The summed E-state index contributed by atoms with van der Waals surface area (Å²) < 4.78 is 0. The number of nitrogens with one attached hydrogen (secondary N) is 1. The minimum absolute atomic E-state index is 0.550. The number of rotatable bonds is 5. The minimum atomic E-state index is 0.550. The van der Waals surface area contributed by atoms with Crippen LogP contribution >= 0.6 is 0 Å². The summed E-state index contributed by atoms with van der Waals surface area (Å²) in [6.07, 6.45) is 5.63. The third-order valence-corrected chi connectivity index (χ3v) is 5.02. The first-order chi connectivity index (χ1) is 9.04. The van der Waals surface area contributed by atoms with Crippen molar-refractivity contribution in [3.63, 3.8) is 0 Å². The topological polar surface area (TPSA) is 12.0 Å². The fraction of sp³-hybridized carbons (Fsp3) is 0.667. The Morgan fingerprint density at radius 3 is 2.11 bits per heavy atom. The Hall–Kier alpha value is -0.820. The maximum absolute atomic E-state index is 3.73. The van der Waals surface area contributed by atoms with Crippen LogP contribution < -0.4 is 5.32 Å². The monoisotopic (exact) mass is 259 g/mol. The third kappa shape index (κ3) is 3.02. The molecule has 1 aliphatic rings. The SMILES string of the molecule is CCNC(CC1CCC1)c1c(C)c(C)cc(C)c1C. The number of aryl methyl sites for hydroxylation is 2. The molecule has 19 heavy (non-hydrogen) atoms. The molecule has 1 unspecified atom stereocenters. The highest BCUT2D eigenvalue weighted by Crippen LogP contribution is 2.37. The van der Waals surface area contributed by atoms with Crippen LogP contribution in [0.3, 0.4) is 0 Å². The van der Waals surface area contributed by atoms with Crippen LogP contribution in [0.25, 0.3) is 0 Å². The standard InChI is InChI=1S/C18H29N/c1-6-19-17(11-16-8-7-9-16)18-14(4)12(2)10-13(3)15(18)5/h10,16-17,19H,6-9,11H2,1-5H3. The molecule has 1 saturated carbocycles. The van der Waals surface area contributed by atoms with Crippen LogP contribution in [0.4, 0.5) is 0 Å². The van der Waals surface area contributed by atoms with Crippen LogP contribution in [0.15, 0.2) is 6.07 Å². The van der Waals surface area contributed by atoms with Gasteiger partial charge in [-0.2, -0.15) is 0 Å². The predicted octanol–water partition coefficient (Wildman–Crippen LogP) is 4.76. The van der Waals surface area contributed by atoms with Crippen LogP contribution in [-0.4, -0.2) is 6.54 Å². The lowest BCUT2D eigenvalue weighted by Crippen LogP contribution is -2.27. The second-order valence-electron chi connectivity index (χ2n) is 6.32. The van der Waals surface area contributed by atoms with Gasteiger partial charge >= 0.3 is 0 Å². The zero-order chi connectivity index (χ0) is 14.0. The summed E-state index contributed by atoms with van der Waals surface area (Å²) in [7, 11) is 0. The Morgan fingerprint density at radius 2 is 1.68 bits per heavy atom. The van der Waals surface area contributed by atoms with E-state index >= 15 is 0 Å². The maximum atomic E-state index is 3.73. The van der Waals surface area contributed by atoms with Crippen molar-refractivity contribution in [3.05, 3.63) is 33.9 Å². The van der Waals surface area contributed by atoms with E-state index in [1.165, 1.54) is 47.9 Å². The van der Waals surface area contributed by atoms with E-state index in [0.717, 1.165) is 12.5 Å². The zero-order valence-corrected chi connectivity index (χ0v) is 13.3. The Morgan fingerprint density at radius 1 is 1.11 bits per heavy atom. The van der Waals surface area contributed by atoms with Crippen molar-refractivity contribution in [2.75, 3.05) is 6.54 Å². The normalized spacial score (nSPS) is 17.3. The molecule has 1 nitrogen and oxygen atoms in total. The summed E-state index contributed by atoms with van der Waals surface area (Å²) in [5.74, 6) is 0.948. The van der Waals surface area contributed by atoms with Gasteiger partial charge in [0, 0.05) is 6.04 Å². The summed E-state index contributed by atoms with van der Waals surface area (Å²) in [5.41, 5.74) is 7.44. The van der Waals surface area contributed by atoms with E-state index in [-0.39, 0.29) is 0 Å². The average Bonchev–Trinajstić information content (AvgIpc) is 2.31. The first-order valence-electron chi connectivity index (χ1n) is 7.85. The van der Waals surface area contributed by atoms with Crippen molar-refractivity contribution in [2.45, 2.75) is 66.3 Å². The molecule has 1 fully saturated rings. The summed E-state index contributed by atoms with van der Waals surface area (Å²) in [6.45, 7) is 12.4. The molecular formula is C18H29N. The van der Waals surface area contributed by atoms with E-state index in [1.54, 1.807) is 5.56 Å². The quantitative estimate of drug-likeness (QED) is 0.804. The molecule has 106 valence electrons. The molecule has 1 aromatic carbocycles. The van der Waals surface area contributed by atoms with Gasteiger partial charge in [-0.1, -0.05) is 32.3 Å². The highest BCUT2D eigenvalue weighted by atomic mass is 14.9. The van der Waals surface area contributed by atoms with Gasteiger partial charge in [0.15, 0.2) is 0 Å². The van der Waals surface area contributed by atoms with E-state index in [2.05, 4.69) is 46.0 Å². The van der Waals surface area contributed by atoms with Gasteiger partial charge in [0.1, 0.15) is 0 Å². The summed E-state index contributed by atoms with van der Waals surface area (Å²) in [5, 5.41) is 3.73. The van der Waals surface area contributed by atoms with Crippen molar-refractivity contribution in [3.8, 4) is 0 Å². The molecule has 0 saturated heterocycles. The van der Waals surface area contributed by atoms with Crippen molar-refractivity contribution < 1.29 is 0 Å². The number of hydrogen-bond acceptors (Lipinski definition) is 1. The van der Waals surface area contributed by atoms with Gasteiger partial charge in [0.2, 0.25) is 0 Å². The Balaban J connectivity index is 2.33. The Kier molecular flexibility index (Phi) is 4.67. The fourth-order valence-corrected chi connectivity index (χ4v) is 3.38. The Labute approximate surface area is 118 Å². The van der Waals surface area contributed by atoms with E-state index in [4.69, 9.17) is 0 Å². The largest absolute Gasteiger partial charge is 0.310 e. The molecule has 0 radical (unpaired) electrons. The Bertz CT molecular complexity index is 417. The lowest BCUT2D eigenvalue weighted by Gasteiger charge is -2.32. The second-order valence-corrected chi connectivity index (χ2v) is 6.32. The van der Waals surface area contributed by atoms with Crippen molar-refractivity contribution in [1.29, 1.82) is 0 Å². The molecule has 1 aliphatic carbocycles. The van der Waals surface area contributed by atoms with Crippen LogP contribution in [0.1, 0.15) is 66.5 Å². The van der Waals surface area contributed by atoms with Gasteiger partial charge in [0.25, 0.3) is 0 Å². The number of benzene rings is 1. The zero-order valence-electron chi connectivity index (χ0n) is 13.3. The molecule has 0 spiro atoms. The first kappa shape index (κ1) is 14.6. The van der Waals surface area contributed by atoms with Crippen LogP contribution in [0.5, 0.6) is 0 Å². The van der Waals surface area contributed by atoms with E-state index < -0.39 is 0 Å². The summed E-state index contributed by atoms with van der Waals surface area (Å²) in [6, 6.07) is 2.88. The fourth-order valence-electron chi connectivity index (χ4n) is 3.38. The summed E-state index contributed by atoms with van der Waals surface area (Å²) in [4.78, 5) is 0. The van der Waals surface area contributed by atoms with Gasteiger partial charge in [-0.25, -0.2) is 0 Å². The van der Waals surface area contributed by atoms with E-state index in [1.807, 2.05) is 0 Å². The molecule has 0 aromatic heterocycles. The van der Waals surface area contributed by atoms with Crippen molar-refractivity contribution in [2.24, 2.45) is 5.92 Å². The van der Waals surface area contributed by atoms with Crippen molar-refractivity contribution in [1.82, 2.24) is 5.32 Å². The van der Waals surface area contributed by atoms with Crippen molar-refractivity contribution >= 4 is 0 Å². The maximum Gasteiger partial charge on any atom is 0.0328 e. The van der Waals surface area contributed by atoms with E-state index in [0.29, 0.717) is 6.04 Å². The second kappa shape index (κ2) is 6.09. The molecule has 1 N–H and O–H groups in total. The smallest absolute Gasteiger partial charge is 0.0328 e. The molecule has 0 aliphatic heterocycles. The van der Waals surface area contributed by atoms with Gasteiger partial charge in [-0.05, 0) is 74.4 Å². The molecule has 0 amide bonds. The van der Waals surface area contributed by atoms with Gasteiger partial charge in [-0.3, -0.25) is 0 Å². The highest BCUT2D eigenvalue weighted by Gasteiger charge is 2.25. The molecule has 0 heterocycles. The van der Waals surface area contributed by atoms with Crippen LogP contribution in [0.2, 0.25) is 0 Å². The predicted molar refractivity (Wildman–Crippen MR) is 83.8 cm³/mol. The molecular weight excluding hydrogens is 230 g/mol. The first-order valence-corrected chi connectivity index (χ1v) is 7.85. The van der Waals surface area contributed by atoms with Crippen LogP contribution in [0, 0.1) is 33.6 Å². The van der Waals surface area contributed by atoms with Gasteiger partial charge < -0.3 is 5.32 Å². The molecule has 1 aromatic rings. The minimum Gasteiger partial charge on any atom is -0.310 e. The third-order valence-electron chi connectivity index (χ3n) is 5.02. The van der Waals surface area contributed by atoms with Gasteiger partial charge in [-0.15, -0.1) is 0 Å². The highest BCUT2D eigenvalue weighted by molar-refractivity contribution is 5.45. The molecule has 1 heteroatoms. The molecule has 0 bridgehead atoms. The van der Waals surface area contributed by atoms with Gasteiger partial charge in [0.05, 0.1) is 0 Å². The lowest BCUT2D eigenvalue weighted by atomic mass is 9.77. The summed E-state index contributed by atoms with van der Waals surface area (Å²) >= 11 is 0.